The van der Waals surface area contributed by atoms with Gasteiger partial charge in [-0.25, -0.2) is 4.39 Å². The Morgan fingerprint density at radius 1 is 1.26 bits per heavy atom. The van der Waals surface area contributed by atoms with Crippen LogP contribution >= 0.6 is 15.9 Å². The van der Waals surface area contributed by atoms with Gasteiger partial charge in [-0.15, -0.1) is 0 Å². The maximum absolute atomic E-state index is 13.6. The van der Waals surface area contributed by atoms with Crippen LogP contribution in [0.15, 0.2) is 40.9 Å². The van der Waals surface area contributed by atoms with E-state index in [1.165, 1.54) is 30.3 Å². The van der Waals surface area contributed by atoms with Crippen molar-refractivity contribution in [1.29, 1.82) is 0 Å². The summed E-state index contributed by atoms with van der Waals surface area (Å²) in [6.45, 7) is 0. The Morgan fingerprint density at radius 3 is 2.63 bits per heavy atom. The standard InChI is InChI=1S/C12H9BrFN3O2/c13-7-1-2-12(11(14)3-7)16-9-4-8(15)5-10(6-9)17(18)19/h1-6,16H,15H2. The Bertz CT molecular complexity index is 649. The van der Waals surface area contributed by atoms with E-state index in [1.54, 1.807) is 6.07 Å². The van der Waals surface area contributed by atoms with E-state index >= 15 is 0 Å². The fourth-order valence-electron chi connectivity index (χ4n) is 1.56. The van der Waals surface area contributed by atoms with Gasteiger partial charge in [0.2, 0.25) is 0 Å². The smallest absolute Gasteiger partial charge is 0.273 e. The number of nitrogens with zero attached hydrogens (tertiary/aromatic N) is 1. The van der Waals surface area contributed by atoms with Gasteiger partial charge in [0.1, 0.15) is 5.82 Å². The third-order valence-electron chi connectivity index (χ3n) is 2.36. The second-order valence-electron chi connectivity index (χ2n) is 3.82. The van der Waals surface area contributed by atoms with Crippen molar-refractivity contribution in [1.82, 2.24) is 0 Å². The maximum Gasteiger partial charge on any atom is 0.273 e. The molecule has 0 saturated carbocycles. The van der Waals surface area contributed by atoms with Gasteiger partial charge in [-0.3, -0.25) is 10.1 Å². The molecule has 5 nitrogen and oxygen atoms in total. The Hall–Kier alpha value is -2.15. The van der Waals surface area contributed by atoms with Gasteiger partial charge in [0.15, 0.2) is 0 Å². The van der Waals surface area contributed by atoms with Crippen LogP contribution in [0.5, 0.6) is 0 Å². The van der Waals surface area contributed by atoms with Crippen LogP contribution in [-0.2, 0) is 0 Å². The number of nitrogens with one attached hydrogen (secondary N) is 1. The number of nitrogen functional groups attached to an aromatic ring is 1. The van der Waals surface area contributed by atoms with Gasteiger partial charge >= 0.3 is 0 Å². The fraction of sp³-hybridized carbons (Fsp3) is 0. The molecule has 0 unspecified atom stereocenters. The van der Waals surface area contributed by atoms with E-state index in [-0.39, 0.29) is 17.1 Å². The van der Waals surface area contributed by atoms with E-state index in [4.69, 9.17) is 5.73 Å². The largest absolute Gasteiger partial charge is 0.398 e. The second-order valence-corrected chi connectivity index (χ2v) is 4.74. The molecule has 0 amide bonds. The first-order chi connectivity index (χ1) is 8.95. The summed E-state index contributed by atoms with van der Waals surface area (Å²) in [5.74, 6) is -0.473. The molecule has 0 aliphatic rings. The lowest BCUT2D eigenvalue weighted by atomic mass is 10.2. The third-order valence-corrected chi connectivity index (χ3v) is 2.85. The summed E-state index contributed by atoms with van der Waals surface area (Å²) in [5.41, 5.74) is 6.21. The Balaban J connectivity index is 2.35. The molecule has 3 N–H and O–H groups in total. The van der Waals surface area contributed by atoms with E-state index < -0.39 is 10.7 Å². The summed E-state index contributed by atoms with van der Waals surface area (Å²) >= 11 is 3.15. The molecule has 0 fully saturated rings. The molecule has 0 saturated heterocycles. The molecule has 19 heavy (non-hydrogen) atoms. The molecule has 0 aliphatic carbocycles. The maximum atomic E-state index is 13.6. The Morgan fingerprint density at radius 2 is 2.00 bits per heavy atom. The van der Waals surface area contributed by atoms with Gasteiger partial charge < -0.3 is 11.1 Å². The van der Waals surface area contributed by atoms with Crippen LogP contribution in [0, 0.1) is 15.9 Å². The van der Waals surface area contributed by atoms with E-state index in [0.29, 0.717) is 10.2 Å². The second kappa shape index (κ2) is 5.23. The minimum absolute atomic E-state index is 0.153. The van der Waals surface area contributed by atoms with E-state index in [9.17, 15) is 14.5 Å². The summed E-state index contributed by atoms with van der Waals surface area (Å²) in [4.78, 5) is 10.2. The first-order valence-electron chi connectivity index (χ1n) is 5.23. The zero-order chi connectivity index (χ0) is 14.0. The lowest BCUT2D eigenvalue weighted by Gasteiger charge is -2.08. The van der Waals surface area contributed by atoms with E-state index in [1.807, 2.05) is 0 Å². The van der Waals surface area contributed by atoms with Crippen LogP contribution in [0.2, 0.25) is 0 Å². The van der Waals surface area contributed by atoms with Gasteiger partial charge in [-0.05, 0) is 24.3 Å². The van der Waals surface area contributed by atoms with Crippen LogP contribution in [-0.4, -0.2) is 4.92 Å². The highest BCUT2D eigenvalue weighted by Gasteiger charge is 2.10. The molecule has 2 rings (SSSR count). The van der Waals surface area contributed by atoms with Crippen LogP contribution < -0.4 is 11.1 Å². The molecule has 7 heteroatoms. The minimum Gasteiger partial charge on any atom is -0.398 e. The lowest BCUT2D eigenvalue weighted by Crippen LogP contribution is -1.97. The number of nitro groups is 1. The molecule has 0 aliphatic heterocycles. The molecule has 0 radical (unpaired) electrons. The van der Waals surface area contributed by atoms with E-state index in [2.05, 4.69) is 21.2 Å². The molecule has 0 heterocycles. The molecule has 2 aromatic carbocycles. The van der Waals surface area contributed by atoms with Crippen LogP contribution in [0.25, 0.3) is 0 Å². The average Bonchev–Trinajstić information content (AvgIpc) is 2.32. The lowest BCUT2D eigenvalue weighted by molar-refractivity contribution is -0.384. The van der Waals surface area contributed by atoms with Crippen molar-refractivity contribution in [3.8, 4) is 0 Å². The highest BCUT2D eigenvalue weighted by atomic mass is 79.9. The van der Waals surface area contributed by atoms with Crippen molar-refractivity contribution in [3.63, 3.8) is 0 Å². The van der Waals surface area contributed by atoms with Crippen molar-refractivity contribution in [3.05, 3.63) is 56.8 Å². The number of hydrogen-bond acceptors (Lipinski definition) is 4. The first kappa shape index (κ1) is 13.3. The highest BCUT2D eigenvalue weighted by Crippen LogP contribution is 2.27. The summed E-state index contributed by atoms with van der Waals surface area (Å²) in [7, 11) is 0. The SMILES string of the molecule is Nc1cc(Nc2ccc(Br)cc2F)cc([N+](=O)[O-])c1. The van der Waals surface area contributed by atoms with Gasteiger partial charge in [0, 0.05) is 28.0 Å². The van der Waals surface area contributed by atoms with Crippen molar-refractivity contribution in [2.24, 2.45) is 0 Å². The third kappa shape index (κ3) is 3.19. The van der Waals surface area contributed by atoms with Crippen LogP contribution in [0.4, 0.5) is 27.1 Å². The van der Waals surface area contributed by atoms with Crippen molar-refractivity contribution in [2.75, 3.05) is 11.1 Å². The monoisotopic (exact) mass is 325 g/mol. The van der Waals surface area contributed by atoms with Crippen molar-refractivity contribution in [2.45, 2.75) is 0 Å². The van der Waals surface area contributed by atoms with Crippen molar-refractivity contribution < 1.29 is 9.31 Å². The molecular formula is C12H9BrFN3O2. The summed E-state index contributed by atoms with van der Waals surface area (Å²) in [6.07, 6.45) is 0. The van der Waals surface area contributed by atoms with E-state index in [0.717, 1.165) is 0 Å². The Labute approximate surface area is 116 Å². The molecule has 0 aromatic heterocycles. The quantitative estimate of drug-likeness (QED) is 0.510. The van der Waals surface area contributed by atoms with Gasteiger partial charge in [0.25, 0.3) is 5.69 Å². The zero-order valence-electron chi connectivity index (χ0n) is 9.56. The zero-order valence-corrected chi connectivity index (χ0v) is 11.1. The fourth-order valence-corrected chi connectivity index (χ4v) is 1.89. The predicted octanol–water partition coefficient (Wildman–Crippen LogP) is 3.82. The number of nitro benzene ring substituents is 1. The number of non-ortho nitro benzene ring substituents is 1. The normalized spacial score (nSPS) is 10.2. The number of hydrogen-bond donors (Lipinski definition) is 2. The molecule has 98 valence electrons. The molecular weight excluding hydrogens is 317 g/mol. The highest BCUT2D eigenvalue weighted by molar-refractivity contribution is 9.10. The number of anilines is 3. The van der Waals surface area contributed by atoms with Crippen LogP contribution in [0.3, 0.4) is 0 Å². The van der Waals surface area contributed by atoms with Gasteiger partial charge in [-0.2, -0.15) is 0 Å². The number of benzene rings is 2. The average molecular weight is 326 g/mol. The Kier molecular flexibility index (Phi) is 3.66. The number of rotatable bonds is 3. The van der Waals surface area contributed by atoms with Gasteiger partial charge in [0.05, 0.1) is 10.6 Å². The first-order valence-corrected chi connectivity index (χ1v) is 6.02. The minimum atomic E-state index is -0.556. The topological polar surface area (TPSA) is 81.2 Å². The summed E-state index contributed by atoms with van der Waals surface area (Å²) in [5, 5.41) is 13.5. The van der Waals surface area contributed by atoms with Crippen molar-refractivity contribution >= 4 is 38.7 Å². The van der Waals surface area contributed by atoms with Crippen LogP contribution in [0.1, 0.15) is 0 Å². The summed E-state index contributed by atoms with van der Waals surface area (Å²) < 4.78 is 14.2. The van der Waals surface area contributed by atoms with Gasteiger partial charge in [-0.1, -0.05) is 15.9 Å². The molecule has 0 atom stereocenters. The summed E-state index contributed by atoms with van der Waals surface area (Å²) in [6, 6.07) is 8.50. The predicted molar refractivity (Wildman–Crippen MR) is 74.9 cm³/mol. The number of halogens is 2. The molecule has 2 aromatic rings. The number of nitrogens with two attached hydrogens (primary N) is 1. The molecule has 0 spiro atoms. The molecule has 0 bridgehead atoms.